The molecule has 4 nitrogen and oxygen atoms in total. The maximum absolute atomic E-state index is 13.2. The smallest absolute Gasteiger partial charge is 0.235 e. The number of carbonyl (C=O) groups is 2. The van der Waals surface area contributed by atoms with Crippen LogP contribution in [0.4, 0.5) is 0 Å². The van der Waals surface area contributed by atoms with Crippen molar-refractivity contribution in [1.29, 1.82) is 0 Å². The Kier molecular flexibility index (Phi) is 20.1. The van der Waals surface area contributed by atoms with Crippen LogP contribution in [-0.4, -0.2) is 18.4 Å². The topological polar surface area (TPSA) is 72.2 Å². The van der Waals surface area contributed by atoms with Gasteiger partial charge in [0.1, 0.15) is 5.41 Å². The highest BCUT2D eigenvalue weighted by molar-refractivity contribution is 6.04. The molecular weight excluding hydrogens is 384 g/mol. The molecule has 0 atom stereocenters. The molecule has 0 radical (unpaired) electrons. The zero-order valence-electron chi connectivity index (χ0n) is 21.2. The molecule has 2 amide bonds. The number of rotatable bonds is 23. The first-order valence-corrected chi connectivity index (χ1v) is 13.6. The van der Waals surface area contributed by atoms with Crippen molar-refractivity contribution in [2.75, 3.05) is 6.54 Å². The van der Waals surface area contributed by atoms with E-state index in [1.807, 2.05) is 0 Å². The molecule has 0 rings (SSSR count). The third-order valence-corrected chi connectivity index (χ3v) is 6.64. The second-order valence-corrected chi connectivity index (χ2v) is 9.51. The van der Waals surface area contributed by atoms with Gasteiger partial charge in [0.25, 0.3) is 0 Å². The van der Waals surface area contributed by atoms with Gasteiger partial charge in [-0.05, 0) is 19.3 Å². The van der Waals surface area contributed by atoms with Gasteiger partial charge in [0.05, 0.1) is 0 Å². The van der Waals surface area contributed by atoms with Crippen LogP contribution in [0.15, 0.2) is 0 Å². The van der Waals surface area contributed by atoms with Crippen LogP contribution in [0.5, 0.6) is 0 Å². The lowest BCUT2D eigenvalue weighted by atomic mass is 9.76. The van der Waals surface area contributed by atoms with Crippen LogP contribution in [-0.2, 0) is 9.59 Å². The summed E-state index contributed by atoms with van der Waals surface area (Å²) in [4.78, 5) is 25.7. The Morgan fingerprint density at radius 1 is 0.581 bits per heavy atom. The summed E-state index contributed by atoms with van der Waals surface area (Å²) in [6, 6.07) is 0. The summed E-state index contributed by atoms with van der Waals surface area (Å²) >= 11 is 0. The monoisotopic (exact) mass is 438 g/mol. The number of hydrogen-bond donors (Lipinski definition) is 2. The number of carbonyl (C=O) groups excluding carboxylic acids is 2. The Bertz CT molecular complexity index is 421. The minimum atomic E-state index is -1.02. The van der Waals surface area contributed by atoms with Gasteiger partial charge < -0.3 is 11.1 Å². The molecule has 0 unspecified atom stereocenters. The second-order valence-electron chi connectivity index (χ2n) is 9.51. The summed E-state index contributed by atoms with van der Waals surface area (Å²) in [5.74, 6) is -0.536. The standard InChI is InChI=1S/C27H54N2O2/c1-4-7-10-13-16-19-22-27(25(28)30,23-20-17-14-11-8-5-2)26(31)29-24-21-18-15-12-9-6-3/h4-24H2,1-3H3,(H2,28,30)(H,29,31). The van der Waals surface area contributed by atoms with E-state index >= 15 is 0 Å². The minimum Gasteiger partial charge on any atom is -0.369 e. The van der Waals surface area contributed by atoms with Gasteiger partial charge in [0, 0.05) is 6.54 Å². The molecule has 4 heteroatoms. The number of primary amides is 1. The van der Waals surface area contributed by atoms with Crippen LogP contribution in [0.25, 0.3) is 0 Å². The zero-order chi connectivity index (χ0) is 23.2. The molecule has 0 saturated carbocycles. The molecule has 0 aromatic rings. The number of nitrogens with two attached hydrogens (primary N) is 1. The van der Waals surface area contributed by atoms with Gasteiger partial charge in [-0.25, -0.2) is 0 Å². The van der Waals surface area contributed by atoms with E-state index in [-0.39, 0.29) is 5.91 Å². The predicted molar refractivity (Wildman–Crippen MR) is 134 cm³/mol. The lowest BCUT2D eigenvalue weighted by Gasteiger charge is -2.29. The number of amides is 2. The molecule has 0 aliphatic rings. The van der Waals surface area contributed by atoms with Gasteiger partial charge in [0.2, 0.25) is 11.8 Å². The Morgan fingerprint density at radius 3 is 1.32 bits per heavy atom. The van der Waals surface area contributed by atoms with Gasteiger partial charge in [-0.15, -0.1) is 0 Å². The summed E-state index contributed by atoms with van der Waals surface area (Å²) < 4.78 is 0. The van der Waals surface area contributed by atoms with Crippen molar-refractivity contribution >= 4 is 11.8 Å². The molecule has 0 aliphatic carbocycles. The van der Waals surface area contributed by atoms with Crippen LogP contribution in [0.3, 0.4) is 0 Å². The van der Waals surface area contributed by atoms with E-state index in [2.05, 4.69) is 26.1 Å². The van der Waals surface area contributed by atoms with Crippen molar-refractivity contribution in [2.45, 2.75) is 149 Å². The SMILES string of the molecule is CCCCCCCCNC(=O)C(CCCCCCCC)(CCCCCCCC)C(N)=O. The largest absolute Gasteiger partial charge is 0.369 e. The zero-order valence-corrected chi connectivity index (χ0v) is 21.2. The average molecular weight is 439 g/mol. The molecule has 0 bridgehead atoms. The number of hydrogen-bond acceptors (Lipinski definition) is 2. The molecule has 0 fully saturated rings. The van der Waals surface area contributed by atoms with E-state index in [4.69, 9.17) is 5.73 Å². The summed E-state index contributed by atoms with van der Waals surface area (Å²) in [6.45, 7) is 7.31. The van der Waals surface area contributed by atoms with Crippen LogP contribution >= 0.6 is 0 Å². The third kappa shape index (κ3) is 14.6. The van der Waals surface area contributed by atoms with E-state index in [1.165, 1.54) is 77.0 Å². The maximum Gasteiger partial charge on any atom is 0.235 e. The summed E-state index contributed by atoms with van der Waals surface area (Å²) in [5.41, 5.74) is 4.87. The van der Waals surface area contributed by atoms with Crippen LogP contribution in [0.1, 0.15) is 149 Å². The summed E-state index contributed by atoms with van der Waals surface area (Å²) in [5, 5.41) is 3.08. The molecule has 0 saturated heterocycles. The van der Waals surface area contributed by atoms with E-state index < -0.39 is 11.3 Å². The third-order valence-electron chi connectivity index (χ3n) is 6.64. The highest BCUT2D eigenvalue weighted by Gasteiger charge is 2.42. The van der Waals surface area contributed by atoms with Crippen molar-refractivity contribution in [3.8, 4) is 0 Å². The first kappa shape index (κ1) is 29.9. The van der Waals surface area contributed by atoms with Gasteiger partial charge in [-0.3, -0.25) is 9.59 Å². The fourth-order valence-corrected chi connectivity index (χ4v) is 4.40. The van der Waals surface area contributed by atoms with Crippen LogP contribution in [0, 0.1) is 5.41 Å². The molecule has 0 heterocycles. The number of nitrogens with one attached hydrogen (secondary N) is 1. The quantitative estimate of drug-likeness (QED) is 0.128. The minimum absolute atomic E-state index is 0.115. The van der Waals surface area contributed by atoms with E-state index in [0.717, 1.165) is 38.5 Å². The maximum atomic E-state index is 13.2. The predicted octanol–water partition coefficient (Wildman–Crippen LogP) is 7.44. The molecule has 0 aromatic carbocycles. The molecule has 3 N–H and O–H groups in total. The van der Waals surface area contributed by atoms with Crippen molar-refractivity contribution in [3.63, 3.8) is 0 Å². The molecule has 0 aliphatic heterocycles. The highest BCUT2D eigenvalue weighted by atomic mass is 16.2. The molecule has 0 spiro atoms. The second kappa shape index (κ2) is 20.8. The van der Waals surface area contributed by atoms with Crippen LogP contribution in [0.2, 0.25) is 0 Å². The van der Waals surface area contributed by atoms with E-state index in [1.54, 1.807) is 0 Å². The molecule has 184 valence electrons. The lowest BCUT2D eigenvalue weighted by molar-refractivity contribution is -0.143. The highest BCUT2D eigenvalue weighted by Crippen LogP contribution is 2.32. The summed E-state index contributed by atoms with van der Waals surface area (Å²) in [7, 11) is 0. The van der Waals surface area contributed by atoms with Gasteiger partial charge in [-0.2, -0.15) is 0 Å². The number of unbranched alkanes of at least 4 members (excludes halogenated alkanes) is 15. The molecule has 0 aromatic heterocycles. The first-order valence-electron chi connectivity index (χ1n) is 13.6. The molecule has 31 heavy (non-hydrogen) atoms. The van der Waals surface area contributed by atoms with Gasteiger partial charge in [0.15, 0.2) is 0 Å². The van der Waals surface area contributed by atoms with Gasteiger partial charge in [-0.1, -0.05) is 130 Å². The van der Waals surface area contributed by atoms with Crippen LogP contribution < -0.4 is 11.1 Å². The Labute approximate surface area is 193 Å². The lowest BCUT2D eigenvalue weighted by Crippen LogP contribution is -2.50. The van der Waals surface area contributed by atoms with E-state index in [0.29, 0.717) is 19.4 Å². The van der Waals surface area contributed by atoms with E-state index in [9.17, 15) is 9.59 Å². The molecular formula is C27H54N2O2. The summed E-state index contributed by atoms with van der Waals surface area (Å²) in [6.07, 6.45) is 22.1. The van der Waals surface area contributed by atoms with Crippen molar-refractivity contribution in [3.05, 3.63) is 0 Å². The van der Waals surface area contributed by atoms with Crippen molar-refractivity contribution < 1.29 is 9.59 Å². The van der Waals surface area contributed by atoms with Gasteiger partial charge >= 0.3 is 0 Å². The fourth-order valence-electron chi connectivity index (χ4n) is 4.40. The Balaban J connectivity index is 4.69. The fraction of sp³-hybridized carbons (Fsp3) is 0.926. The normalized spacial score (nSPS) is 11.6. The Morgan fingerprint density at radius 2 is 0.935 bits per heavy atom. The van der Waals surface area contributed by atoms with Crippen molar-refractivity contribution in [1.82, 2.24) is 5.32 Å². The Hall–Kier alpha value is -1.06. The first-order chi connectivity index (χ1) is 15.0. The van der Waals surface area contributed by atoms with Crippen molar-refractivity contribution in [2.24, 2.45) is 11.1 Å². The average Bonchev–Trinajstić information content (AvgIpc) is 2.76.